The first-order valence-electron chi connectivity index (χ1n) is 3.89. The van der Waals surface area contributed by atoms with Gasteiger partial charge < -0.3 is 5.73 Å². The van der Waals surface area contributed by atoms with Gasteiger partial charge >= 0.3 is 0 Å². The van der Waals surface area contributed by atoms with E-state index in [1.165, 1.54) is 0 Å². The number of rotatable bonds is 3. The SMILES string of the molecule is C=Cc1cc(C=C)cc(CN)c1. The molecule has 0 saturated carbocycles. The summed E-state index contributed by atoms with van der Waals surface area (Å²) in [5.41, 5.74) is 8.82. The molecular weight excluding hydrogens is 146 g/mol. The highest BCUT2D eigenvalue weighted by Crippen LogP contribution is 2.11. The molecule has 62 valence electrons. The fourth-order valence-electron chi connectivity index (χ4n) is 1.10. The van der Waals surface area contributed by atoms with Crippen LogP contribution < -0.4 is 5.73 Å². The van der Waals surface area contributed by atoms with Crippen LogP contribution in [-0.2, 0) is 6.54 Å². The van der Waals surface area contributed by atoms with Crippen LogP contribution in [0.4, 0.5) is 0 Å². The Hall–Kier alpha value is -1.34. The van der Waals surface area contributed by atoms with E-state index in [1.807, 2.05) is 30.4 Å². The standard InChI is InChI=1S/C11H13N/c1-3-9-5-10(4-2)7-11(6-9)8-12/h3-7H,1-2,8,12H2. The molecule has 0 atom stereocenters. The Labute approximate surface area is 73.2 Å². The Morgan fingerprint density at radius 1 is 1.08 bits per heavy atom. The number of benzene rings is 1. The van der Waals surface area contributed by atoms with Crippen LogP contribution in [0.3, 0.4) is 0 Å². The minimum atomic E-state index is 0.558. The van der Waals surface area contributed by atoms with Crippen LogP contribution in [0.25, 0.3) is 12.2 Å². The van der Waals surface area contributed by atoms with Gasteiger partial charge in [-0.15, -0.1) is 0 Å². The van der Waals surface area contributed by atoms with Gasteiger partial charge in [-0.1, -0.05) is 37.4 Å². The second kappa shape index (κ2) is 3.88. The lowest BCUT2D eigenvalue weighted by molar-refractivity contribution is 1.07. The average Bonchev–Trinajstić information content (AvgIpc) is 2.16. The van der Waals surface area contributed by atoms with Gasteiger partial charge in [-0.2, -0.15) is 0 Å². The summed E-state index contributed by atoms with van der Waals surface area (Å²) in [5, 5.41) is 0. The van der Waals surface area contributed by atoms with Crippen molar-refractivity contribution in [1.29, 1.82) is 0 Å². The second-order valence-corrected chi connectivity index (χ2v) is 2.62. The molecule has 0 saturated heterocycles. The molecule has 0 fully saturated rings. The van der Waals surface area contributed by atoms with Gasteiger partial charge in [0.15, 0.2) is 0 Å². The van der Waals surface area contributed by atoms with Crippen molar-refractivity contribution < 1.29 is 0 Å². The van der Waals surface area contributed by atoms with Gasteiger partial charge in [0.25, 0.3) is 0 Å². The highest BCUT2D eigenvalue weighted by Gasteiger charge is 1.94. The van der Waals surface area contributed by atoms with E-state index in [0.29, 0.717) is 6.54 Å². The van der Waals surface area contributed by atoms with E-state index in [0.717, 1.165) is 16.7 Å². The van der Waals surface area contributed by atoms with Crippen molar-refractivity contribution in [3.8, 4) is 0 Å². The summed E-state index contributed by atoms with van der Waals surface area (Å²) in [6.45, 7) is 7.97. The molecular formula is C11H13N. The van der Waals surface area contributed by atoms with Crippen molar-refractivity contribution in [3.63, 3.8) is 0 Å². The second-order valence-electron chi connectivity index (χ2n) is 2.62. The molecule has 12 heavy (non-hydrogen) atoms. The van der Waals surface area contributed by atoms with E-state index in [4.69, 9.17) is 5.73 Å². The maximum atomic E-state index is 5.53. The first-order chi connectivity index (χ1) is 5.80. The zero-order chi connectivity index (χ0) is 8.97. The fourth-order valence-corrected chi connectivity index (χ4v) is 1.10. The van der Waals surface area contributed by atoms with E-state index in [9.17, 15) is 0 Å². The highest BCUT2D eigenvalue weighted by atomic mass is 14.5. The Morgan fingerprint density at radius 3 is 1.92 bits per heavy atom. The van der Waals surface area contributed by atoms with Crippen LogP contribution in [0, 0.1) is 0 Å². The van der Waals surface area contributed by atoms with Crippen LogP contribution in [0.1, 0.15) is 16.7 Å². The summed E-state index contributed by atoms with van der Waals surface area (Å²) in [6, 6.07) is 6.08. The van der Waals surface area contributed by atoms with Crippen LogP contribution in [0.2, 0.25) is 0 Å². The topological polar surface area (TPSA) is 26.0 Å². The van der Waals surface area contributed by atoms with Crippen LogP contribution in [0.5, 0.6) is 0 Å². The third-order valence-corrected chi connectivity index (χ3v) is 1.74. The smallest absolute Gasteiger partial charge is 0.0178 e. The Kier molecular flexibility index (Phi) is 2.83. The zero-order valence-corrected chi connectivity index (χ0v) is 7.09. The van der Waals surface area contributed by atoms with E-state index < -0.39 is 0 Å². The number of hydrogen-bond acceptors (Lipinski definition) is 1. The normalized spacial score (nSPS) is 9.42. The number of hydrogen-bond donors (Lipinski definition) is 1. The summed E-state index contributed by atoms with van der Waals surface area (Å²) in [5.74, 6) is 0. The monoisotopic (exact) mass is 159 g/mol. The van der Waals surface area contributed by atoms with Gasteiger partial charge in [0.05, 0.1) is 0 Å². The van der Waals surface area contributed by atoms with Gasteiger partial charge in [-0.05, 0) is 22.8 Å². The summed E-state index contributed by atoms with van der Waals surface area (Å²) in [4.78, 5) is 0. The van der Waals surface area contributed by atoms with Gasteiger partial charge in [0.2, 0.25) is 0 Å². The van der Waals surface area contributed by atoms with Crippen LogP contribution >= 0.6 is 0 Å². The van der Waals surface area contributed by atoms with Crippen LogP contribution in [0.15, 0.2) is 31.4 Å². The van der Waals surface area contributed by atoms with Gasteiger partial charge in [-0.3, -0.25) is 0 Å². The van der Waals surface area contributed by atoms with Crippen molar-refractivity contribution >= 4 is 12.2 Å². The van der Waals surface area contributed by atoms with E-state index in [-0.39, 0.29) is 0 Å². The Bertz CT molecular complexity index is 274. The largest absolute Gasteiger partial charge is 0.326 e. The Morgan fingerprint density at radius 2 is 1.58 bits per heavy atom. The molecule has 2 N–H and O–H groups in total. The molecule has 0 unspecified atom stereocenters. The molecule has 0 aliphatic rings. The van der Waals surface area contributed by atoms with E-state index >= 15 is 0 Å². The quantitative estimate of drug-likeness (QED) is 0.720. The average molecular weight is 159 g/mol. The molecule has 1 nitrogen and oxygen atoms in total. The lowest BCUT2D eigenvalue weighted by atomic mass is 10.1. The van der Waals surface area contributed by atoms with E-state index in [1.54, 1.807) is 0 Å². The molecule has 1 rings (SSSR count). The minimum absolute atomic E-state index is 0.558. The molecule has 1 heteroatoms. The first kappa shape index (κ1) is 8.75. The van der Waals surface area contributed by atoms with Crippen molar-refractivity contribution in [1.82, 2.24) is 0 Å². The summed E-state index contributed by atoms with van der Waals surface area (Å²) in [6.07, 6.45) is 3.62. The van der Waals surface area contributed by atoms with Crippen molar-refractivity contribution in [2.24, 2.45) is 5.73 Å². The lowest BCUT2D eigenvalue weighted by Gasteiger charge is -2.01. The molecule has 1 aromatic carbocycles. The number of nitrogens with two attached hydrogens (primary N) is 1. The van der Waals surface area contributed by atoms with Gasteiger partial charge in [0.1, 0.15) is 0 Å². The Balaban J connectivity index is 3.18. The summed E-state index contributed by atoms with van der Waals surface area (Å²) in [7, 11) is 0. The lowest BCUT2D eigenvalue weighted by Crippen LogP contribution is -1.96. The summed E-state index contributed by atoms with van der Waals surface area (Å²) >= 11 is 0. The maximum Gasteiger partial charge on any atom is 0.0178 e. The highest BCUT2D eigenvalue weighted by molar-refractivity contribution is 5.57. The van der Waals surface area contributed by atoms with Gasteiger partial charge in [0, 0.05) is 6.54 Å². The summed E-state index contributed by atoms with van der Waals surface area (Å²) < 4.78 is 0. The molecule has 0 aromatic heterocycles. The predicted molar refractivity (Wildman–Crippen MR) is 54.5 cm³/mol. The maximum absolute atomic E-state index is 5.53. The van der Waals surface area contributed by atoms with Crippen molar-refractivity contribution in [2.45, 2.75) is 6.54 Å². The minimum Gasteiger partial charge on any atom is -0.326 e. The van der Waals surface area contributed by atoms with E-state index in [2.05, 4.69) is 13.2 Å². The van der Waals surface area contributed by atoms with Crippen LogP contribution in [-0.4, -0.2) is 0 Å². The molecule has 0 amide bonds. The van der Waals surface area contributed by atoms with Gasteiger partial charge in [-0.25, -0.2) is 0 Å². The third-order valence-electron chi connectivity index (χ3n) is 1.74. The zero-order valence-electron chi connectivity index (χ0n) is 7.09. The molecule has 0 heterocycles. The van der Waals surface area contributed by atoms with Crippen molar-refractivity contribution in [3.05, 3.63) is 48.0 Å². The van der Waals surface area contributed by atoms with Crippen molar-refractivity contribution in [2.75, 3.05) is 0 Å². The molecule has 0 aliphatic heterocycles. The molecule has 1 aromatic rings. The molecule has 0 aliphatic carbocycles. The predicted octanol–water partition coefficient (Wildman–Crippen LogP) is 2.43. The fraction of sp³-hybridized carbons (Fsp3) is 0.0909. The molecule has 0 spiro atoms. The molecule has 0 radical (unpaired) electrons. The first-order valence-corrected chi connectivity index (χ1v) is 3.89. The molecule has 0 bridgehead atoms. The third kappa shape index (κ3) is 1.83.